The lowest BCUT2D eigenvalue weighted by Crippen LogP contribution is -2.47. The van der Waals surface area contributed by atoms with Crippen LogP contribution in [0.5, 0.6) is 0 Å². The topological polar surface area (TPSA) is 46.2 Å². The van der Waals surface area contributed by atoms with Crippen LogP contribution in [-0.2, 0) is 9.84 Å². The molecule has 2 rings (SSSR count). The highest BCUT2D eigenvalue weighted by atomic mass is 32.2. The maximum atomic E-state index is 11.9. The molecule has 2 fully saturated rings. The van der Waals surface area contributed by atoms with E-state index in [1.165, 1.54) is 38.4 Å². The van der Waals surface area contributed by atoms with Crippen LogP contribution in [0.3, 0.4) is 0 Å². The summed E-state index contributed by atoms with van der Waals surface area (Å²) < 4.78 is 23.7. The predicted octanol–water partition coefficient (Wildman–Crippen LogP) is 3.54. The van der Waals surface area contributed by atoms with Crippen LogP contribution < -0.4 is 5.32 Å². The summed E-state index contributed by atoms with van der Waals surface area (Å²) in [7, 11) is -2.90. The van der Waals surface area contributed by atoms with Crippen molar-refractivity contribution in [2.75, 3.05) is 6.26 Å². The number of hydrogen-bond acceptors (Lipinski definition) is 3. The van der Waals surface area contributed by atoms with Gasteiger partial charge in [-0.3, -0.25) is 0 Å². The third-order valence-electron chi connectivity index (χ3n) is 6.20. The highest BCUT2D eigenvalue weighted by Crippen LogP contribution is 2.40. The first-order valence-electron chi connectivity index (χ1n) is 8.69. The van der Waals surface area contributed by atoms with Gasteiger partial charge in [0.1, 0.15) is 0 Å². The molecule has 0 spiro atoms. The van der Waals surface area contributed by atoms with E-state index in [-0.39, 0.29) is 11.3 Å². The normalized spacial score (nSPS) is 35.0. The van der Waals surface area contributed by atoms with Crippen molar-refractivity contribution >= 4 is 9.84 Å². The maximum Gasteiger partial charge on any atom is 0.151 e. The molecule has 0 aliphatic heterocycles. The Balaban J connectivity index is 1.86. The van der Waals surface area contributed by atoms with Crippen molar-refractivity contribution in [2.45, 2.75) is 89.5 Å². The van der Waals surface area contributed by atoms with E-state index >= 15 is 0 Å². The maximum absolute atomic E-state index is 11.9. The van der Waals surface area contributed by atoms with Crippen molar-refractivity contribution in [3.8, 4) is 0 Å². The number of hydrogen-bond donors (Lipinski definition) is 1. The summed E-state index contributed by atoms with van der Waals surface area (Å²) in [5, 5.41) is 3.53. The van der Waals surface area contributed by atoms with E-state index in [0.29, 0.717) is 11.5 Å². The Morgan fingerprint density at radius 3 is 2.19 bits per heavy atom. The molecule has 1 N–H and O–H groups in total. The average molecular weight is 316 g/mol. The van der Waals surface area contributed by atoms with Crippen LogP contribution in [0.25, 0.3) is 0 Å². The van der Waals surface area contributed by atoms with Gasteiger partial charge in [-0.2, -0.15) is 0 Å². The highest BCUT2D eigenvalue weighted by molar-refractivity contribution is 7.91. The van der Waals surface area contributed by atoms with Gasteiger partial charge in [-0.1, -0.05) is 33.6 Å². The van der Waals surface area contributed by atoms with Gasteiger partial charge in [0.2, 0.25) is 0 Å². The van der Waals surface area contributed by atoms with E-state index < -0.39 is 9.84 Å². The van der Waals surface area contributed by atoms with E-state index in [4.69, 9.17) is 0 Å². The van der Waals surface area contributed by atoms with Gasteiger partial charge in [-0.05, 0) is 49.9 Å². The zero-order chi connectivity index (χ0) is 15.7. The lowest BCUT2D eigenvalue weighted by atomic mass is 9.69. The molecule has 2 atom stereocenters. The molecular formula is C17H33NO2S. The minimum atomic E-state index is -2.90. The molecule has 3 nitrogen and oxygen atoms in total. The fraction of sp³-hybridized carbons (Fsp3) is 1.00. The van der Waals surface area contributed by atoms with Crippen molar-refractivity contribution in [3.05, 3.63) is 0 Å². The zero-order valence-corrected chi connectivity index (χ0v) is 15.0. The van der Waals surface area contributed by atoms with Gasteiger partial charge in [-0.25, -0.2) is 8.42 Å². The molecule has 0 bridgehead atoms. The Bertz CT molecular complexity index is 436. The fourth-order valence-corrected chi connectivity index (χ4v) is 5.67. The van der Waals surface area contributed by atoms with Crippen molar-refractivity contribution < 1.29 is 8.42 Å². The van der Waals surface area contributed by atoms with Crippen LogP contribution in [0, 0.1) is 11.3 Å². The van der Waals surface area contributed by atoms with Gasteiger partial charge in [-0.15, -0.1) is 0 Å². The van der Waals surface area contributed by atoms with Crippen molar-refractivity contribution in [1.82, 2.24) is 5.32 Å². The van der Waals surface area contributed by atoms with Crippen LogP contribution in [0.2, 0.25) is 0 Å². The van der Waals surface area contributed by atoms with E-state index in [1.54, 1.807) is 0 Å². The summed E-state index contributed by atoms with van der Waals surface area (Å²) >= 11 is 0. The van der Waals surface area contributed by atoms with E-state index in [0.717, 1.165) is 25.2 Å². The largest absolute Gasteiger partial charge is 0.310 e. The molecule has 0 aromatic rings. The first kappa shape index (κ1) is 17.3. The van der Waals surface area contributed by atoms with Crippen molar-refractivity contribution in [3.63, 3.8) is 0 Å². The van der Waals surface area contributed by atoms with Gasteiger partial charge in [0.15, 0.2) is 9.84 Å². The molecule has 0 aromatic heterocycles. The van der Waals surface area contributed by atoms with Gasteiger partial charge in [0, 0.05) is 18.3 Å². The molecule has 0 saturated heterocycles. The van der Waals surface area contributed by atoms with Gasteiger partial charge in [0.05, 0.1) is 5.25 Å². The smallest absolute Gasteiger partial charge is 0.151 e. The lowest BCUT2D eigenvalue weighted by Gasteiger charge is -2.40. The predicted molar refractivity (Wildman–Crippen MR) is 89.2 cm³/mol. The average Bonchev–Trinajstić information content (AvgIpc) is 2.87. The second kappa shape index (κ2) is 6.57. The second-order valence-corrected chi connectivity index (χ2v) is 10.2. The molecular weight excluding hydrogens is 282 g/mol. The molecule has 4 heteroatoms. The molecule has 2 unspecified atom stereocenters. The molecule has 124 valence electrons. The van der Waals surface area contributed by atoms with Gasteiger partial charge < -0.3 is 5.32 Å². The number of rotatable bonds is 5. The molecule has 0 radical (unpaired) electrons. The third-order valence-corrected chi connectivity index (χ3v) is 7.86. The summed E-state index contributed by atoms with van der Waals surface area (Å²) in [4.78, 5) is 0. The Labute approximate surface area is 131 Å². The van der Waals surface area contributed by atoms with Crippen LogP contribution >= 0.6 is 0 Å². The Morgan fingerprint density at radius 2 is 1.67 bits per heavy atom. The van der Waals surface area contributed by atoms with Crippen molar-refractivity contribution in [2.24, 2.45) is 11.3 Å². The summed E-state index contributed by atoms with van der Waals surface area (Å²) in [5.74, 6) is 0.829. The zero-order valence-electron chi connectivity index (χ0n) is 14.2. The quantitative estimate of drug-likeness (QED) is 0.844. The Hall–Kier alpha value is -0.0900. The second-order valence-electron chi connectivity index (χ2n) is 7.96. The van der Waals surface area contributed by atoms with Crippen molar-refractivity contribution in [1.29, 1.82) is 0 Å². The summed E-state index contributed by atoms with van der Waals surface area (Å²) in [6.45, 7) is 7.07. The van der Waals surface area contributed by atoms with Crippen LogP contribution in [0.1, 0.15) is 72.1 Å². The first-order chi connectivity index (χ1) is 9.74. The molecule has 2 aliphatic carbocycles. The highest BCUT2D eigenvalue weighted by Gasteiger charge is 2.37. The SMILES string of the molecule is CCC(C)(C)C1CCC(NC2CCCC2S(C)(=O)=O)CC1. The Morgan fingerprint density at radius 1 is 1.05 bits per heavy atom. The third kappa shape index (κ3) is 4.22. The first-order valence-corrected chi connectivity index (χ1v) is 10.6. The molecule has 21 heavy (non-hydrogen) atoms. The van der Waals surface area contributed by atoms with Gasteiger partial charge >= 0.3 is 0 Å². The molecule has 0 aromatic carbocycles. The minimum Gasteiger partial charge on any atom is -0.310 e. The lowest BCUT2D eigenvalue weighted by molar-refractivity contribution is 0.134. The number of nitrogens with one attached hydrogen (secondary N) is 1. The minimum absolute atomic E-state index is 0.151. The monoisotopic (exact) mass is 315 g/mol. The molecule has 0 heterocycles. The molecule has 2 saturated carbocycles. The van der Waals surface area contributed by atoms with Crippen LogP contribution in [-0.4, -0.2) is 32.0 Å². The summed E-state index contributed by atoms with van der Waals surface area (Å²) in [6.07, 6.45) is 10.6. The number of sulfone groups is 1. The van der Waals surface area contributed by atoms with Crippen LogP contribution in [0.4, 0.5) is 0 Å². The standard InChI is InChI=1S/C17H33NO2S/c1-5-17(2,3)13-9-11-14(12-10-13)18-15-7-6-8-16(15)21(4,19)20/h13-16,18H,5-12H2,1-4H3. The van der Waals surface area contributed by atoms with E-state index in [9.17, 15) is 8.42 Å². The Kier molecular flexibility index (Phi) is 5.40. The van der Waals surface area contributed by atoms with Crippen LogP contribution in [0.15, 0.2) is 0 Å². The fourth-order valence-electron chi connectivity index (χ4n) is 4.26. The molecule has 0 amide bonds. The van der Waals surface area contributed by atoms with E-state index in [1.807, 2.05) is 0 Å². The van der Waals surface area contributed by atoms with Gasteiger partial charge in [0.25, 0.3) is 0 Å². The summed E-state index contributed by atoms with van der Waals surface area (Å²) in [6, 6.07) is 0.724. The summed E-state index contributed by atoms with van der Waals surface area (Å²) in [5.41, 5.74) is 0.452. The molecule has 2 aliphatic rings. The van der Waals surface area contributed by atoms with E-state index in [2.05, 4.69) is 26.1 Å².